The third kappa shape index (κ3) is 4.53. The Kier molecular flexibility index (Phi) is 6.71. The zero-order valence-electron chi connectivity index (χ0n) is 10.2. The average molecular weight is 279 g/mol. The summed E-state index contributed by atoms with van der Waals surface area (Å²) in [4.78, 5) is 31.2. The maximum atomic E-state index is 11.3. The first kappa shape index (κ1) is 16.7. The van der Waals surface area contributed by atoms with Crippen LogP contribution in [0.25, 0.3) is 0 Å². The zero-order chi connectivity index (χ0) is 14.3. The molecule has 0 rings (SSSR count). The molecule has 7 nitrogen and oxygen atoms in total. The number of hydrogen-bond acceptors (Lipinski definition) is 5. The summed E-state index contributed by atoms with van der Waals surface area (Å²) in [5.41, 5.74) is 0. The Bertz CT molecular complexity index is 334. The lowest BCUT2D eigenvalue weighted by Crippen LogP contribution is -2.52. The quantitative estimate of drug-likeness (QED) is 0.448. The van der Waals surface area contributed by atoms with Gasteiger partial charge in [-0.25, -0.2) is 4.79 Å². The fourth-order valence-electron chi connectivity index (χ4n) is 1.40. The first-order valence-corrected chi connectivity index (χ1v) is 6.27. The molecule has 0 aliphatic carbocycles. The topological polar surface area (TPSA) is 124 Å². The lowest BCUT2D eigenvalue weighted by atomic mass is 10.2. The first-order valence-electron chi connectivity index (χ1n) is 5.39. The second-order valence-corrected chi connectivity index (χ2v) is 5.09. The smallest absolute Gasteiger partial charge is 0.335 e. The molecule has 4 N–H and O–H groups in total. The lowest BCUT2D eigenvalue weighted by molar-refractivity contribution is -0.147. The predicted octanol–water partition coefficient (Wildman–Crippen LogP) is 0.448. The van der Waals surface area contributed by atoms with Crippen LogP contribution in [-0.4, -0.2) is 49.9 Å². The minimum absolute atomic E-state index is 0.208. The second-order valence-electron chi connectivity index (χ2n) is 3.59. The van der Waals surface area contributed by atoms with E-state index in [0.717, 1.165) is 0 Å². The Morgan fingerprint density at radius 1 is 1.22 bits per heavy atom. The van der Waals surface area contributed by atoms with E-state index in [0.29, 0.717) is 11.8 Å². The van der Waals surface area contributed by atoms with E-state index in [1.54, 1.807) is 13.8 Å². The van der Waals surface area contributed by atoms with Crippen molar-refractivity contribution in [3.8, 4) is 0 Å². The molecule has 0 radical (unpaired) electrons. The number of aliphatic carboxylic acids is 3. The van der Waals surface area contributed by atoms with Crippen molar-refractivity contribution in [1.29, 1.82) is 0 Å². The summed E-state index contributed by atoms with van der Waals surface area (Å²) in [6.45, 7) is 3.45. The number of carbonyl (C=O) groups is 3. The maximum Gasteiger partial charge on any atom is 0.335 e. The molecule has 104 valence electrons. The molecule has 0 aromatic rings. The van der Waals surface area contributed by atoms with Crippen LogP contribution >= 0.6 is 11.8 Å². The highest BCUT2D eigenvalue weighted by atomic mass is 32.2. The molecule has 0 aliphatic heterocycles. The number of hydrogen-bond donors (Lipinski definition) is 4. The number of nitrogens with one attached hydrogen (secondary N) is 1. The minimum Gasteiger partial charge on any atom is -0.481 e. The summed E-state index contributed by atoms with van der Waals surface area (Å²) >= 11 is 0.615. The molecule has 0 aromatic heterocycles. The minimum atomic E-state index is -1.82. The third-order valence-electron chi connectivity index (χ3n) is 2.20. The zero-order valence-corrected chi connectivity index (χ0v) is 11.0. The summed E-state index contributed by atoms with van der Waals surface area (Å²) in [7, 11) is 0. The van der Waals surface area contributed by atoms with E-state index in [9.17, 15) is 19.5 Å². The highest BCUT2D eigenvalue weighted by Crippen LogP contribution is 2.32. The Balaban J connectivity index is 5.21. The van der Waals surface area contributed by atoms with Crippen molar-refractivity contribution in [2.45, 2.75) is 36.8 Å². The van der Waals surface area contributed by atoms with Gasteiger partial charge in [0, 0.05) is 0 Å². The maximum absolute atomic E-state index is 11.3. The van der Waals surface area contributed by atoms with Crippen molar-refractivity contribution in [3.05, 3.63) is 0 Å². The van der Waals surface area contributed by atoms with Crippen molar-refractivity contribution in [2.75, 3.05) is 6.54 Å². The van der Waals surface area contributed by atoms with Gasteiger partial charge in [-0.15, -0.1) is 11.8 Å². The van der Waals surface area contributed by atoms with Gasteiger partial charge in [0.15, 0.2) is 4.87 Å². The average Bonchev–Trinajstić information content (AvgIpc) is 2.24. The summed E-state index contributed by atoms with van der Waals surface area (Å²) < 4.78 is 0. The SMILES string of the molecule is CCN[C@](CC(=O)O)(SC(CC)C(=O)O)C(=O)O. The summed E-state index contributed by atoms with van der Waals surface area (Å²) in [6.07, 6.45) is -0.481. The van der Waals surface area contributed by atoms with Gasteiger partial charge < -0.3 is 15.3 Å². The molecule has 0 amide bonds. The largest absolute Gasteiger partial charge is 0.481 e. The fraction of sp³-hybridized carbons (Fsp3) is 0.700. The van der Waals surface area contributed by atoms with Crippen LogP contribution in [0.5, 0.6) is 0 Å². The molecule has 1 unspecified atom stereocenters. The van der Waals surface area contributed by atoms with Gasteiger partial charge in [0.2, 0.25) is 0 Å². The van der Waals surface area contributed by atoms with Gasteiger partial charge in [-0.3, -0.25) is 14.9 Å². The standard InChI is InChI=1S/C10H17NO6S/c1-3-6(8(14)15)18-10(9(16)17,11-4-2)5-7(12)13/h6,11H,3-5H2,1-2H3,(H,12,13)(H,14,15)(H,16,17)/t6?,10-/m1/s1. The van der Waals surface area contributed by atoms with Crippen LogP contribution in [0.2, 0.25) is 0 Å². The van der Waals surface area contributed by atoms with Crippen molar-refractivity contribution in [3.63, 3.8) is 0 Å². The van der Waals surface area contributed by atoms with Crippen molar-refractivity contribution >= 4 is 29.7 Å². The Labute approximate surface area is 109 Å². The van der Waals surface area contributed by atoms with E-state index in [1.807, 2.05) is 0 Å². The Morgan fingerprint density at radius 3 is 2.06 bits per heavy atom. The number of carboxylic acid groups (broad SMARTS) is 3. The molecule has 0 saturated heterocycles. The number of rotatable bonds is 9. The van der Waals surface area contributed by atoms with Crippen LogP contribution in [-0.2, 0) is 14.4 Å². The van der Waals surface area contributed by atoms with E-state index in [-0.39, 0.29) is 13.0 Å². The van der Waals surface area contributed by atoms with Gasteiger partial charge >= 0.3 is 17.9 Å². The molecule has 8 heteroatoms. The summed E-state index contributed by atoms with van der Waals surface area (Å²) in [5, 5.41) is 28.5. The van der Waals surface area contributed by atoms with Gasteiger partial charge in [-0.05, 0) is 13.0 Å². The third-order valence-corrected chi connectivity index (χ3v) is 3.88. The number of thioether (sulfide) groups is 1. The van der Waals surface area contributed by atoms with Crippen molar-refractivity contribution in [1.82, 2.24) is 5.32 Å². The van der Waals surface area contributed by atoms with Gasteiger partial charge in [-0.1, -0.05) is 13.8 Å². The predicted molar refractivity (Wildman–Crippen MR) is 65.6 cm³/mol. The highest BCUT2D eigenvalue weighted by molar-refractivity contribution is 8.02. The monoisotopic (exact) mass is 279 g/mol. The molecule has 0 aromatic carbocycles. The van der Waals surface area contributed by atoms with Crippen LogP contribution in [0.3, 0.4) is 0 Å². The second kappa shape index (κ2) is 7.22. The molecular formula is C10H17NO6S. The molecule has 0 spiro atoms. The Morgan fingerprint density at radius 2 is 1.78 bits per heavy atom. The van der Waals surface area contributed by atoms with Gasteiger partial charge in [-0.2, -0.15) is 0 Å². The first-order chi connectivity index (χ1) is 8.29. The number of carboxylic acids is 3. The van der Waals surface area contributed by atoms with Crippen LogP contribution in [0.4, 0.5) is 0 Å². The van der Waals surface area contributed by atoms with E-state index in [2.05, 4.69) is 5.32 Å². The van der Waals surface area contributed by atoms with E-state index in [4.69, 9.17) is 10.2 Å². The fourth-order valence-corrected chi connectivity index (χ4v) is 2.69. The molecule has 0 bridgehead atoms. The van der Waals surface area contributed by atoms with Gasteiger partial charge in [0.1, 0.15) is 5.25 Å². The lowest BCUT2D eigenvalue weighted by Gasteiger charge is -2.30. The molecule has 0 heterocycles. The summed E-state index contributed by atoms with van der Waals surface area (Å²) in [5.74, 6) is -3.83. The molecule has 0 fully saturated rings. The van der Waals surface area contributed by atoms with Gasteiger partial charge in [0.05, 0.1) is 6.42 Å². The molecule has 2 atom stereocenters. The normalized spacial score (nSPS) is 15.7. The van der Waals surface area contributed by atoms with Crippen LogP contribution in [0.15, 0.2) is 0 Å². The van der Waals surface area contributed by atoms with E-state index in [1.165, 1.54) is 0 Å². The van der Waals surface area contributed by atoms with Crippen molar-refractivity contribution in [2.24, 2.45) is 0 Å². The molecule has 18 heavy (non-hydrogen) atoms. The highest BCUT2D eigenvalue weighted by Gasteiger charge is 2.44. The molecular weight excluding hydrogens is 262 g/mol. The van der Waals surface area contributed by atoms with Crippen molar-refractivity contribution < 1.29 is 29.7 Å². The van der Waals surface area contributed by atoms with Crippen LogP contribution in [0.1, 0.15) is 26.7 Å². The van der Waals surface area contributed by atoms with Crippen LogP contribution in [0, 0.1) is 0 Å². The van der Waals surface area contributed by atoms with Crippen LogP contribution < -0.4 is 5.32 Å². The van der Waals surface area contributed by atoms with E-state index < -0.39 is 34.4 Å². The number of likely N-dealkylation sites (N-methyl/N-ethyl adjacent to an activating group) is 1. The van der Waals surface area contributed by atoms with E-state index >= 15 is 0 Å². The summed E-state index contributed by atoms with van der Waals surface area (Å²) in [6, 6.07) is 0. The Hall–Kier alpha value is -1.28. The molecule has 0 aliphatic rings. The molecule has 0 saturated carbocycles. The van der Waals surface area contributed by atoms with Gasteiger partial charge in [0.25, 0.3) is 0 Å².